The molecule has 1 aromatic rings. The molecule has 18 heavy (non-hydrogen) atoms. The fourth-order valence-corrected chi connectivity index (χ4v) is 2.23. The molecule has 0 unspecified atom stereocenters. The lowest BCUT2D eigenvalue weighted by atomic mass is 10.1. The molecule has 0 radical (unpaired) electrons. The first kappa shape index (κ1) is 12.8. The molecule has 0 aromatic heterocycles. The van der Waals surface area contributed by atoms with Gasteiger partial charge in [0.1, 0.15) is 0 Å². The zero-order valence-electron chi connectivity index (χ0n) is 10.8. The molecule has 3 nitrogen and oxygen atoms in total. The molecule has 0 atom stereocenters. The minimum absolute atomic E-state index is 0.00432. The van der Waals surface area contributed by atoms with Gasteiger partial charge in [0.15, 0.2) is 0 Å². The van der Waals surface area contributed by atoms with Crippen molar-refractivity contribution in [2.75, 3.05) is 6.54 Å². The van der Waals surface area contributed by atoms with E-state index in [2.05, 4.69) is 31.2 Å². The molecule has 0 saturated carbocycles. The zero-order valence-corrected chi connectivity index (χ0v) is 10.8. The third-order valence-electron chi connectivity index (χ3n) is 3.37. The highest BCUT2D eigenvalue weighted by Crippen LogP contribution is 2.13. The highest BCUT2D eigenvalue weighted by atomic mass is 16.2. The van der Waals surface area contributed by atoms with Crippen LogP contribution in [0.1, 0.15) is 36.8 Å². The van der Waals surface area contributed by atoms with E-state index in [1.54, 1.807) is 0 Å². The van der Waals surface area contributed by atoms with Crippen LogP contribution in [0.15, 0.2) is 24.3 Å². The number of likely N-dealkylation sites (tertiary alicyclic amines) is 1. The van der Waals surface area contributed by atoms with Crippen molar-refractivity contribution in [3.63, 3.8) is 0 Å². The monoisotopic (exact) mass is 245 g/mol. The fraction of sp³-hybridized carbons (Fsp3) is 0.467. The van der Waals surface area contributed by atoms with Crippen molar-refractivity contribution in [2.24, 2.45) is 0 Å². The van der Waals surface area contributed by atoms with E-state index >= 15 is 0 Å². The Balaban J connectivity index is 1.71. The number of rotatable bonds is 5. The van der Waals surface area contributed by atoms with Gasteiger partial charge in [0.05, 0.1) is 0 Å². The van der Waals surface area contributed by atoms with Gasteiger partial charge in [-0.1, -0.05) is 29.8 Å². The molecule has 0 spiro atoms. The Kier molecular flexibility index (Phi) is 4.13. The van der Waals surface area contributed by atoms with Crippen molar-refractivity contribution in [3.8, 4) is 0 Å². The van der Waals surface area contributed by atoms with Crippen molar-refractivity contribution < 1.29 is 9.59 Å². The fourth-order valence-electron chi connectivity index (χ4n) is 2.23. The van der Waals surface area contributed by atoms with Crippen LogP contribution in [0.4, 0.5) is 0 Å². The lowest BCUT2D eigenvalue weighted by molar-refractivity contribution is -0.138. The molecule has 1 aromatic carbocycles. The van der Waals surface area contributed by atoms with Crippen molar-refractivity contribution in [1.29, 1.82) is 0 Å². The van der Waals surface area contributed by atoms with Gasteiger partial charge in [-0.25, -0.2) is 0 Å². The van der Waals surface area contributed by atoms with Crippen LogP contribution in [0.25, 0.3) is 0 Å². The molecule has 1 heterocycles. The quantitative estimate of drug-likeness (QED) is 0.590. The molecule has 2 amide bonds. The molecule has 96 valence electrons. The van der Waals surface area contributed by atoms with E-state index in [1.165, 1.54) is 16.0 Å². The summed E-state index contributed by atoms with van der Waals surface area (Å²) >= 11 is 0. The van der Waals surface area contributed by atoms with E-state index < -0.39 is 0 Å². The van der Waals surface area contributed by atoms with E-state index in [9.17, 15) is 9.59 Å². The molecule has 2 rings (SSSR count). The number of hydrogen-bond donors (Lipinski definition) is 0. The van der Waals surface area contributed by atoms with Crippen LogP contribution in [-0.2, 0) is 16.0 Å². The van der Waals surface area contributed by atoms with Crippen molar-refractivity contribution in [1.82, 2.24) is 4.90 Å². The van der Waals surface area contributed by atoms with Crippen LogP contribution in [0.2, 0.25) is 0 Å². The van der Waals surface area contributed by atoms with Gasteiger partial charge >= 0.3 is 0 Å². The second-order valence-corrected chi connectivity index (χ2v) is 4.88. The SMILES string of the molecule is Cc1ccc(CCCCN2C(=O)CCC2=O)cc1. The smallest absolute Gasteiger partial charge is 0.229 e. The van der Waals surface area contributed by atoms with Gasteiger partial charge in [-0.3, -0.25) is 14.5 Å². The van der Waals surface area contributed by atoms with Gasteiger partial charge in [0.2, 0.25) is 11.8 Å². The summed E-state index contributed by atoms with van der Waals surface area (Å²) in [7, 11) is 0. The van der Waals surface area contributed by atoms with Gasteiger partial charge in [-0.05, 0) is 31.7 Å². The van der Waals surface area contributed by atoms with E-state index in [-0.39, 0.29) is 11.8 Å². The topological polar surface area (TPSA) is 37.4 Å². The summed E-state index contributed by atoms with van der Waals surface area (Å²) in [5, 5.41) is 0. The van der Waals surface area contributed by atoms with Gasteiger partial charge < -0.3 is 0 Å². The van der Waals surface area contributed by atoms with Gasteiger partial charge in [0.25, 0.3) is 0 Å². The molecule has 1 fully saturated rings. The predicted molar refractivity (Wildman–Crippen MR) is 70.1 cm³/mol. The lowest BCUT2D eigenvalue weighted by Crippen LogP contribution is -2.29. The summed E-state index contributed by atoms with van der Waals surface area (Å²) in [5.41, 5.74) is 2.59. The maximum Gasteiger partial charge on any atom is 0.229 e. The molecule has 3 heteroatoms. The van der Waals surface area contributed by atoms with Crippen LogP contribution in [0.5, 0.6) is 0 Å². The maximum absolute atomic E-state index is 11.4. The first-order chi connectivity index (χ1) is 8.66. The highest BCUT2D eigenvalue weighted by molar-refractivity contribution is 6.01. The third kappa shape index (κ3) is 3.19. The van der Waals surface area contributed by atoms with Crippen LogP contribution in [0.3, 0.4) is 0 Å². The first-order valence-corrected chi connectivity index (χ1v) is 6.55. The summed E-state index contributed by atoms with van der Waals surface area (Å²) < 4.78 is 0. The molecular weight excluding hydrogens is 226 g/mol. The Morgan fingerprint density at radius 2 is 1.61 bits per heavy atom. The predicted octanol–water partition coefficient (Wildman–Crippen LogP) is 2.47. The molecule has 1 aliphatic rings. The number of unbranched alkanes of at least 4 members (excludes halogenated alkanes) is 1. The molecule has 1 saturated heterocycles. The Hall–Kier alpha value is -1.64. The van der Waals surface area contributed by atoms with Crippen LogP contribution in [-0.4, -0.2) is 23.3 Å². The normalized spacial score (nSPS) is 15.5. The zero-order chi connectivity index (χ0) is 13.0. The highest BCUT2D eigenvalue weighted by Gasteiger charge is 2.27. The summed E-state index contributed by atoms with van der Waals surface area (Å²) in [4.78, 5) is 24.2. The Bertz CT molecular complexity index is 420. The number of benzene rings is 1. The number of imide groups is 1. The van der Waals surface area contributed by atoms with Crippen LogP contribution < -0.4 is 0 Å². The molecule has 0 bridgehead atoms. The van der Waals surface area contributed by atoms with E-state index in [4.69, 9.17) is 0 Å². The third-order valence-corrected chi connectivity index (χ3v) is 3.37. The lowest BCUT2D eigenvalue weighted by Gasteiger charge is -2.13. The van der Waals surface area contributed by atoms with Gasteiger partial charge in [-0.2, -0.15) is 0 Å². The van der Waals surface area contributed by atoms with E-state index in [0.29, 0.717) is 19.4 Å². The summed E-state index contributed by atoms with van der Waals surface area (Å²) in [6.45, 7) is 2.66. The summed E-state index contributed by atoms with van der Waals surface area (Å²) in [5.74, 6) is -0.00864. The maximum atomic E-state index is 11.4. The summed E-state index contributed by atoms with van der Waals surface area (Å²) in [6.07, 6.45) is 3.72. The number of hydrogen-bond acceptors (Lipinski definition) is 2. The van der Waals surface area contributed by atoms with Crippen molar-refractivity contribution in [3.05, 3.63) is 35.4 Å². The van der Waals surface area contributed by atoms with Gasteiger partial charge in [0, 0.05) is 19.4 Å². The summed E-state index contributed by atoms with van der Waals surface area (Å²) in [6, 6.07) is 8.51. The number of amides is 2. The Morgan fingerprint density at radius 1 is 1.00 bits per heavy atom. The Morgan fingerprint density at radius 3 is 2.22 bits per heavy atom. The standard InChI is InChI=1S/C15H19NO2/c1-12-5-7-13(8-6-12)4-2-3-11-16-14(17)9-10-15(16)18/h5-8H,2-4,9-11H2,1H3. The molecule has 0 aliphatic carbocycles. The second-order valence-electron chi connectivity index (χ2n) is 4.88. The average Bonchev–Trinajstić information content (AvgIpc) is 2.68. The minimum atomic E-state index is -0.00432. The average molecular weight is 245 g/mol. The van der Waals surface area contributed by atoms with Crippen molar-refractivity contribution in [2.45, 2.75) is 39.0 Å². The second kappa shape index (κ2) is 5.80. The van der Waals surface area contributed by atoms with E-state index in [1.807, 2.05) is 0 Å². The minimum Gasteiger partial charge on any atom is -0.283 e. The number of aryl methyl sites for hydroxylation is 2. The van der Waals surface area contributed by atoms with Gasteiger partial charge in [-0.15, -0.1) is 0 Å². The van der Waals surface area contributed by atoms with Crippen molar-refractivity contribution >= 4 is 11.8 Å². The number of carbonyl (C=O) groups excluding carboxylic acids is 2. The molecular formula is C15H19NO2. The Labute approximate surface area is 108 Å². The molecule has 0 N–H and O–H groups in total. The molecule has 1 aliphatic heterocycles. The largest absolute Gasteiger partial charge is 0.283 e. The van der Waals surface area contributed by atoms with E-state index in [0.717, 1.165) is 19.3 Å². The number of nitrogens with zero attached hydrogens (tertiary/aromatic N) is 1. The number of carbonyl (C=O) groups is 2. The first-order valence-electron chi connectivity index (χ1n) is 6.55. The van der Waals surface area contributed by atoms with Crippen LogP contribution >= 0.6 is 0 Å². The van der Waals surface area contributed by atoms with Crippen LogP contribution in [0, 0.1) is 6.92 Å².